The van der Waals surface area contributed by atoms with Gasteiger partial charge in [0.15, 0.2) is 0 Å². The lowest BCUT2D eigenvalue weighted by Gasteiger charge is -2.22. The van der Waals surface area contributed by atoms with E-state index in [2.05, 4.69) is 39.8 Å². The minimum Gasteiger partial charge on any atom is -0.0588 e. The van der Waals surface area contributed by atoms with Crippen molar-refractivity contribution < 1.29 is 0 Å². The van der Waals surface area contributed by atoms with Gasteiger partial charge in [-0.05, 0) is 54.4 Å². The van der Waals surface area contributed by atoms with Crippen LogP contribution in [0.1, 0.15) is 42.5 Å². The molecular weight excluding hydrogens is 156 g/mol. The fraction of sp³-hybridized carbons (Fsp3) is 0.538. The molecule has 0 amide bonds. The van der Waals surface area contributed by atoms with Gasteiger partial charge in [-0.1, -0.05) is 26.0 Å². The Bertz CT molecular complexity index is 345. The van der Waals surface area contributed by atoms with Crippen LogP contribution in [0.15, 0.2) is 12.1 Å². The van der Waals surface area contributed by atoms with Crippen LogP contribution in [0.3, 0.4) is 0 Å². The van der Waals surface area contributed by atoms with Crippen molar-refractivity contribution in [3.63, 3.8) is 0 Å². The van der Waals surface area contributed by atoms with Crippen molar-refractivity contribution in [3.8, 4) is 0 Å². The third-order valence-electron chi connectivity index (χ3n) is 3.52. The summed E-state index contributed by atoms with van der Waals surface area (Å²) in [5.74, 6) is 0. The highest BCUT2D eigenvalue weighted by Crippen LogP contribution is 2.40. The Morgan fingerprint density at radius 1 is 1.15 bits per heavy atom. The van der Waals surface area contributed by atoms with Crippen molar-refractivity contribution in [2.24, 2.45) is 0 Å². The van der Waals surface area contributed by atoms with Crippen molar-refractivity contribution in [2.75, 3.05) is 0 Å². The molecule has 0 radical (unpaired) electrons. The van der Waals surface area contributed by atoms with E-state index in [-0.39, 0.29) is 0 Å². The van der Waals surface area contributed by atoms with Crippen molar-refractivity contribution in [3.05, 3.63) is 34.4 Å². The Kier molecular flexibility index (Phi) is 1.76. The normalized spacial score (nSPS) is 18.8. The molecule has 0 unspecified atom stereocenters. The summed E-state index contributed by atoms with van der Waals surface area (Å²) >= 11 is 0. The highest BCUT2D eigenvalue weighted by molar-refractivity contribution is 5.47. The van der Waals surface area contributed by atoms with Crippen LogP contribution in [0.2, 0.25) is 0 Å². The number of hydrogen-bond donors (Lipinski definition) is 0. The van der Waals surface area contributed by atoms with Gasteiger partial charge in [-0.15, -0.1) is 0 Å². The second kappa shape index (κ2) is 2.60. The third-order valence-corrected chi connectivity index (χ3v) is 3.52. The summed E-state index contributed by atoms with van der Waals surface area (Å²) in [5.41, 5.74) is 6.56. The Balaban J connectivity index is 2.68. The van der Waals surface area contributed by atoms with Gasteiger partial charge in [-0.2, -0.15) is 0 Å². The smallest absolute Gasteiger partial charge is 0.00949 e. The third kappa shape index (κ3) is 1.20. The van der Waals surface area contributed by atoms with E-state index in [0.717, 1.165) is 0 Å². The van der Waals surface area contributed by atoms with E-state index in [1.165, 1.54) is 24.0 Å². The number of aryl methyl sites for hydroxylation is 2. The molecule has 13 heavy (non-hydrogen) atoms. The van der Waals surface area contributed by atoms with E-state index >= 15 is 0 Å². The highest BCUT2D eigenvalue weighted by Gasteiger charge is 2.31. The van der Waals surface area contributed by atoms with Crippen LogP contribution >= 0.6 is 0 Å². The van der Waals surface area contributed by atoms with Crippen LogP contribution in [-0.4, -0.2) is 0 Å². The molecule has 70 valence electrons. The lowest BCUT2D eigenvalue weighted by Crippen LogP contribution is -2.14. The summed E-state index contributed by atoms with van der Waals surface area (Å²) in [7, 11) is 0. The van der Waals surface area contributed by atoms with Crippen LogP contribution in [0.25, 0.3) is 0 Å². The van der Waals surface area contributed by atoms with Crippen LogP contribution in [0.4, 0.5) is 0 Å². The zero-order valence-corrected chi connectivity index (χ0v) is 9.07. The molecule has 2 rings (SSSR count). The molecule has 1 aromatic rings. The molecule has 0 aliphatic heterocycles. The molecule has 0 nitrogen and oxygen atoms in total. The molecular formula is C13H18. The van der Waals surface area contributed by atoms with Gasteiger partial charge in [0.2, 0.25) is 0 Å². The minimum atomic E-state index is 0.408. The maximum atomic E-state index is 2.37. The van der Waals surface area contributed by atoms with E-state index in [9.17, 15) is 0 Å². The maximum Gasteiger partial charge on any atom is -0.00949 e. The Labute approximate surface area is 81.0 Å². The van der Waals surface area contributed by atoms with Gasteiger partial charge in [-0.25, -0.2) is 0 Å². The monoisotopic (exact) mass is 174 g/mol. The van der Waals surface area contributed by atoms with Crippen LogP contribution < -0.4 is 0 Å². The van der Waals surface area contributed by atoms with Gasteiger partial charge in [-0.3, -0.25) is 0 Å². The lowest BCUT2D eigenvalue weighted by molar-refractivity contribution is 0.519. The van der Waals surface area contributed by atoms with Crippen LogP contribution in [-0.2, 0) is 11.8 Å². The van der Waals surface area contributed by atoms with E-state index in [4.69, 9.17) is 0 Å². The van der Waals surface area contributed by atoms with Crippen LogP contribution in [0.5, 0.6) is 0 Å². The molecule has 1 aliphatic carbocycles. The van der Waals surface area contributed by atoms with E-state index in [1.54, 1.807) is 11.1 Å². The van der Waals surface area contributed by atoms with Crippen LogP contribution in [0, 0.1) is 13.8 Å². The average Bonchev–Trinajstić information content (AvgIpc) is 2.35. The summed E-state index contributed by atoms with van der Waals surface area (Å²) in [5, 5.41) is 0. The summed E-state index contributed by atoms with van der Waals surface area (Å²) in [6.45, 7) is 9.21. The van der Waals surface area contributed by atoms with Gasteiger partial charge in [0, 0.05) is 0 Å². The first-order valence-corrected chi connectivity index (χ1v) is 5.12. The summed E-state index contributed by atoms with van der Waals surface area (Å²) in [6.07, 6.45) is 2.58. The summed E-state index contributed by atoms with van der Waals surface area (Å²) in [6, 6.07) is 4.57. The second-order valence-electron chi connectivity index (χ2n) is 4.93. The quantitative estimate of drug-likeness (QED) is 0.564. The van der Waals surface area contributed by atoms with Crippen molar-refractivity contribution in [1.29, 1.82) is 0 Å². The second-order valence-corrected chi connectivity index (χ2v) is 4.93. The molecule has 0 spiro atoms. The van der Waals surface area contributed by atoms with E-state index in [0.29, 0.717) is 5.41 Å². The first-order chi connectivity index (χ1) is 6.02. The molecule has 0 atom stereocenters. The molecule has 0 bridgehead atoms. The number of rotatable bonds is 0. The molecule has 0 aromatic heterocycles. The molecule has 0 fully saturated rings. The molecule has 0 heteroatoms. The Morgan fingerprint density at radius 3 is 2.54 bits per heavy atom. The SMILES string of the molecule is Cc1ccc2c(c1C)C(C)(C)CC2. The molecule has 0 N–H and O–H groups in total. The number of fused-ring (bicyclic) bond motifs is 1. The molecule has 1 aliphatic rings. The maximum absolute atomic E-state index is 2.37. The predicted octanol–water partition coefficient (Wildman–Crippen LogP) is 3.53. The van der Waals surface area contributed by atoms with E-state index < -0.39 is 0 Å². The largest absolute Gasteiger partial charge is 0.0588 e. The van der Waals surface area contributed by atoms with Gasteiger partial charge in [0.05, 0.1) is 0 Å². The standard InChI is InChI=1S/C13H18/c1-9-5-6-11-7-8-13(3,4)12(11)10(9)2/h5-6H,7-8H2,1-4H3. The predicted molar refractivity (Wildman–Crippen MR) is 57.3 cm³/mol. The fourth-order valence-electron chi connectivity index (χ4n) is 2.59. The molecule has 0 saturated heterocycles. The zero-order chi connectivity index (χ0) is 9.64. The first kappa shape index (κ1) is 8.80. The molecule has 0 heterocycles. The first-order valence-electron chi connectivity index (χ1n) is 5.12. The minimum absolute atomic E-state index is 0.408. The Hall–Kier alpha value is -0.780. The fourth-order valence-corrected chi connectivity index (χ4v) is 2.59. The van der Waals surface area contributed by atoms with Gasteiger partial charge in [0.1, 0.15) is 0 Å². The van der Waals surface area contributed by atoms with Gasteiger partial charge < -0.3 is 0 Å². The average molecular weight is 174 g/mol. The topological polar surface area (TPSA) is 0 Å². The summed E-state index contributed by atoms with van der Waals surface area (Å²) in [4.78, 5) is 0. The van der Waals surface area contributed by atoms with Crippen molar-refractivity contribution in [1.82, 2.24) is 0 Å². The van der Waals surface area contributed by atoms with Crippen molar-refractivity contribution >= 4 is 0 Å². The summed E-state index contributed by atoms with van der Waals surface area (Å²) < 4.78 is 0. The molecule has 0 saturated carbocycles. The zero-order valence-electron chi connectivity index (χ0n) is 9.07. The van der Waals surface area contributed by atoms with E-state index in [1.807, 2.05) is 0 Å². The van der Waals surface area contributed by atoms with Gasteiger partial charge in [0.25, 0.3) is 0 Å². The van der Waals surface area contributed by atoms with Gasteiger partial charge >= 0.3 is 0 Å². The van der Waals surface area contributed by atoms with Crippen molar-refractivity contribution in [2.45, 2.75) is 46.0 Å². The number of hydrogen-bond acceptors (Lipinski definition) is 0. The Morgan fingerprint density at radius 2 is 1.85 bits per heavy atom. The molecule has 1 aromatic carbocycles. The lowest BCUT2D eigenvalue weighted by atomic mass is 9.83. The highest BCUT2D eigenvalue weighted by atomic mass is 14.4. The number of benzene rings is 1.